The molecule has 2 aromatic rings. The summed E-state index contributed by atoms with van der Waals surface area (Å²) in [6.07, 6.45) is 5.25. The fourth-order valence-corrected chi connectivity index (χ4v) is 2.63. The number of H-pyrrole nitrogens is 1. The van der Waals surface area contributed by atoms with Gasteiger partial charge in [0.2, 0.25) is 0 Å². The van der Waals surface area contributed by atoms with Gasteiger partial charge in [-0.3, -0.25) is 5.10 Å². The Hall–Kier alpha value is -2.10. The van der Waals surface area contributed by atoms with E-state index in [1.165, 1.54) is 0 Å². The van der Waals surface area contributed by atoms with Gasteiger partial charge in [0, 0.05) is 37.6 Å². The van der Waals surface area contributed by atoms with Crippen LogP contribution in [-0.2, 0) is 0 Å². The normalized spacial score (nSPS) is 18.8. The molecule has 0 bridgehead atoms. The third-order valence-electron chi connectivity index (χ3n) is 3.35. The summed E-state index contributed by atoms with van der Waals surface area (Å²) in [4.78, 5) is 6.43. The van der Waals surface area contributed by atoms with Crippen LogP contribution in [0.5, 0.6) is 0 Å². The lowest BCUT2D eigenvalue weighted by Gasteiger charge is -2.34. The first-order valence-electron chi connectivity index (χ1n) is 6.30. The number of anilines is 1. The summed E-state index contributed by atoms with van der Waals surface area (Å²) in [5, 5.41) is 19.6. The van der Waals surface area contributed by atoms with E-state index in [1.54, 1.807) is 12.3 Å². The molecule has 0 amide bonds. The van der Waals surface area contributed by atoms with Crippen LogP contribution in [0, 0.1) is 11.3 Å². The fourth-order valence-electron chi connectivity index (χ4n) is 2.34. The maximum Gasteiger partial charge on any atom is 0.147 e. The zero-order chi connectivity index (χ0) is 13.9. The number of hydrogen-bond acceptors (Lipinski definition) is 5. The molecule has 0 aliphatic carbocycles. The van der Waals surface area contributed by atoms with Gasteiger partial charge in [0.1, 0.15) is 11.9 Å². The molecule has 2 N–H and O–H groups in total. The summed E-state index contributed by atoms with van der Waals surface area (Å²) in [7, 11) is 0. The van der Waals surface area contributed by atoms with E-state index < -0.39 is 0 Å². The van der Waals surface area contributed by atoms with Crippen LogP contribution < -0.4 is 10.2 Å². The van der Waals surface area contributed by atoms with E-state index in [0.29, 0.717) is 10.6 Å². The highest BCUT2D eigenvalue weighted by molar-refractivity contribution is 6.33. The van der Waals surface area contributed by atoms with Gasteiger partial charge in [-0.1, -0.05) is 11.6 Å². The van der Waals surface area contributed by atoms with Gasteiger partial charge in [-0.2, -0.15) is 10.4 Å². The molecule has 3 heterocycles. The average Bonchev–Trinajstić information content (AvgIpc) is 3.01. The zero-order valence-electron chi connectivity index (χ0n) is 10.7. The number of piperazine rings is 1. The van der Waals surface area contributed by atoms with Crippen LogP contribution in [-0.4, -0.2) is 34.8 Å². The minimum atomic E-state index is 0.191. The molecule has 20 heavy (non-hydrogen) atoms. The van der Waals surface area contributed by atoms with Crippen molar-refractivity contribution in [2.24, 2.45) is 0 Å². The number of aromatic nitrogens is 3. The maximum absolute atomic E-state index is 8.85. The van der Waals surface area contributed by atoms with Crippen LogP contribution in [0.2, 0.25) is 5.02 Å². The second-order valence-electron chi connectivity index (χ2n) is 4.63. The number of halogens is 1. The lowest BCUT2D eigenvalue weighted by Crippen LogP contribution is -2.46. The summed E-state index contributed by atoms with van der Waals surface area (Å²) in [6.45, 7) is 2.43. The smallest absolute Gasteiger partial charge is 0.147 e. The Kier molecular flexibility index (Phi) is 3.54. The molecule has 7 heteroatoms. The molecule has 1 aliphatic heterocycles. The summed E-state index contributed by atoms with van der Waals surface area (Å²) in [6, 6.07) is 3.88. The van der Waals surface area contributed by atoms with Crippen molar-refractivity contribution in [2.75, 3.05) is 24.5 Å². The molecule has 0 spiro atoms. The van der Waals surface area contributed by atoms with Crippen molar-refractivity contribution in [1.29, 1.82) is 5.26 Å². The summed E-state index contributed by atoms with van der Waals surface area (Å²) >= 11 is 6.22. The van der Waals surface area contributed by atoms with E-state index in [1.807, 2.05) is 18.5 Å². The number of aromatic amines is 1. The molecule has 1 saturated heterocycles. The van der Waals surface area contributed by atoms with Crippen LogP contribution >= 0.6 is 11.6 Å². The number of nitrogens with zero attached hydrogens (tertiary/aromatic N) is 4. The Labute approximate surface area is 121 Å². The quantitative estimate of drug-likeness (QED) is 0.875. The molecule has 1 unspecified atom stereocenters. The largest absolute Gasteiger partial charge is 0.352 e. The Morgan fingerprint density at radius 1 is 1.45 bits per heavy atom. The summed E-state index contributed by atoms with van der Waals surface area (Å²) < 4.78 is 0. The molecule has 0 radical (unpaired) electrons. The predicted molar refractivity (Wildman–Crippen MR) is 75.5 cm³/mol. The maximum atomic E-state index is 8.85. The number of rotatable bonds is 2. The van der Waals surface area contributed by atoms with E-state index >= 15 is 0 Å². The molecule has 1 fully saturated rings. The van der Waals surface area contributed by atoms with Crippen molar-refractivity contribution < 1.29 is 0 Å². The van der Waals surface area contributed by atoms with Crippen LogP contribution in [0.1, 0.15) is 17.2 Å². The number of hydrogen-bond donors (Lipinski definition) is 2. The van der Waals surface area contributed by atoms with Gasteiger partial charge in [0.25, 0.3) is 0 Å². The summed E-state index contributed by atoms with van der Waals surface area (Å²) in [5.41, 5.74) is 1.58. The van der Waals surface area contributed by atoms with Crippen LogP contribution in [0.4, 0.5) is 5.82 Å². The Bertz CT molecular complexity index is 633. The third kappa shape index (κ3) is 2.46. The molecule has 102 valence electrons. The molecule has 1 atom stereocenters. The first-order valence-corrected chi connectivity index (χ1v) is 6.68. The fraction of sp³-hybridized carbons (Fsp3) is 0.308. The molecule has 6 nitrogen and oxygen atoms in total. The van der Waals surface area contributed by atoms with Crippen LogP contribution in [0.15, 0.2) is 24.7 Å². The summed E-state index contributed by atoms with van der Waals surface area (Å²) in [5.74, 6) is 0.723. The monoisotopic (exact) mass is 288 g/mol. The van der Waals surface area contributed by atoms with E-state index in [0.717, 1.165) is 31.0 Å². The van der Waals surface area contributed by atoms with Crippen molar-refractivity contribution >= 4 is 17.4 Å². The van der Waals surface area contributed by atoms with Gasteiger partial charge in [-0.15, -0.1) is 0 Å². The van der Waals surface area contributed by atoms with Crippen molar-refractivity contribution in [3.63, 3.8) is 0 Å². The zero-order valence-corrected chi connectivity index (χ0v) is 11.4. The molecular weight excluding hydrogens is 276 g/mol. The second-order valence-corrected chi connectivity index (χ2v) is 5.03. The van der Waals surface area contributed by atoms with Gasteiger partial charge < -0.3 is 10.2 Å². The van der Waals surface area contributed by atoms with Gasteiger partial charge in [-0.25, -0.2) is 4.98 Å². The molecule has 0 saturated carbocycles. The van der Waals surface area contributed by atoms with Crippen molar-refractivity contribution in [2.45, 2.75) is 6.04 Å². The molecular formula is C13H13ClN6. The SMILES string of the molecule is N#Cc1cnc(N2CCNC(c3cn[nH]c3)C2)c(Cl)c1. The third-order valence-corrected chi connectivity index (χ3v) is 3.63. The number of pyridine rings is 1. The molecule has 3 rings (SSSR count). The lowest BCUT2D eigenvalue weighted by molar-refractivity contribution is 0.470. The standard InChI is InChI=1S/C13H13ClN6/c14-11-3-9(4-15)5-17-13(11)20-2-1-16-12(8-20)10-6-18-19-7-10/h3,5-7,12,16H,1-2,8H2,(H,18,19). The average molecular weight is 289 g/mol. The Morgan fingerprint density at radius 3 is 3.05 bits per heavy atom. The first-order chi connectivity index (χ1) is 9.78. The topological polar surface area (TPSA) is 80.6 Å². The molecule has 1 aliphatic rings. The van der Waals surface area contributed by atoms with Gasteiger partial charge in [-0.05, 0) is 6.07 Å². The number of nitriles is 1. The minimum Gasteiger partial charge on any atom is -0.352 e. The Balaban J connectivity index is 1.82. The van der Waals surface area contributed by atoms with E-state index in [-0.39, 0.29) is 6.04 Å². The van der Waals surface area contributed by atoms with Crippen molar-refractivity contribution in [3.05, 3.63) is 40.8 Å². The number of nitrogens with one attached hydrogen (secondary N) is 2. The molecule has 2 aromatic heterocycles. The van der Waals surface area contributed by atoms with E-state index in [2.05, 4.69) is 25.4 Å². The minimum absolute atomic E-state index is 0.191. The first kappa shape index (κ1) is 12.9. The van der Waals surface area contributed by atoms with E-state index in [4.69, 9.17) is 16.9 Å². The lowest BCUT2D eigenvalue weighted by atomic mass is 10.1. The van der Waals surface area contributed by atoms with Crippen LogP contribution in [0.25, 0.3) is 0 Å². The van der Waals surface area contributed by atoms with Crippen LogP contribution in [0.3, 0.4) is 0 Å². The highest BCUT2D eigenvalue weighted by Crippen LogP contribution is 2.27. The highest BCUT2D eigenvalue weighted by Gasteiger charge is 2.23. The molecule has 0 aromatic carbocycles. The van der Waals surface area contributed by atoms with Gasteiger partial charge >= 0.3 is 0 Å². The highest BCUT2D eigenvalue weighted by atomic mass is 35.5. The van der Waals surface area contributed by atoms with Gasteiger partial charge in [0.05, 0.1) is 22.8 Å². The predicted octanol–water partition coefficient (Wildman–Crippen LogP) is 1.48. The van der Waals surface area contributed by atoms with E-state index in [9.17, 15) is 0 Å². The second kappa shape index (κ2) is 5.49. The van der Waals surface area contributed by atoms with Gasteiger partial charge in [0.15, 0.2) is 0 Å². The Morgan fingerprint density at radius 2 is 2.35 bits per heavy atom. The van der Waals surface area contributed by atoms with Crippen molar-refractivity contribution in [1.82, 2.24) is 20.5 Å². The van der Waals surface area contributed by atoms with Crippen molar-refractivity contribution in [3.8, 4) is 6.07 Å².